The molecule has 0 radical (unpaired) electrons. The largest absolute Gasteiger partial charge is 0.372 e. The average Bonchev–Trinajstić information content (AvgIpc) is 2.58. The predicted octanol–water partition coefficient (Wildman–Crippen LogP) is 1.54. The van der Waals surface area contributed by atoms with Crippen molar-refractivity contribution in [2.24, 2.45) is 22.5 Å². The summed E-state index contributed by atoms with van der Waals surface area (Å²) in [7, 11) is 0. The Morgan fingerprint density at radius 3 is 2.69 bits per heavy atom. The van der Waals surface area contributed by atoms with Crippen LogP contribution in [0.2, 0.25) is 0 Å². The molecule has 0 amide bonds. The van der Waals surface area contributed by atoms with Crippen LogP contribution < -0.4 is 5.73 Å². The molecule has 0 aromatic rings. The van der Waals surface area contributed by atoms with Gasteiger partial charge < -0.3 is 10.5 Å². The highest BCUT2D eigenvalue weighted by atomic mass is 16.5. The quantitative estimate of drug-likeness (QED) is 0.666. The summed E-state index contributed by atoms with van der Waals surface area (Å²) < 4.78 is 6.00. The fourth-order valence-corrected chi connectivity index (χ4v) is 4.37. The number of hydrogen-bond donors (Lipinski definition) is 1. The molecule has 3 fully saturated rings. The Kier molecular flexibility index (Phi) is 1.24. The summed E-state index contributed by atoms with van der Waals surface area (Å²) in [5, 5.41) is 0. The molecule has 4 bridgehead atoms. The second-order valence-electron chi connectivity index (χ2n) is 5.68. The molecule has 2 nitrogen and oxygen atoms in total. The second-order valence-corrected chi connectivity index (χ2v) is 5.68. The summed E-state index contributed by atoms with van der Waals surface area (Å²) in [5.74, 6) is 0.884. The van der Waals surface area contributed by atoms with Crippen LogP contribution in [0, 0.1) is 16.7 Å². The Labute approximate surface area is 79.8 Å². The van der Waals surface area contributed by atoms with Crippen LogP contribution in [0.15, 0.2) is 0 Å². The van der Waals surface area contributed by atoms with Crippen LogP contribution >= 0.6 is 0 Å². The van der Waals surface area contributed by atoms with Crippen molar-refractivity contribution in [3.05, 3.63) is 0 Å². The van der Waals surface area contributed by atoms with Gasteiger partial charge in [-0.3, -0.25) is 0 Å². The Balaban J connectivity index is 2.14. The fourth-order valence-electron chi connectivity index (χ4n) is 4.37. The Morgan fingerprint density at radius 2 is 2.23 bits per heavy atom. The normalized spacial score (nSPS) is 63.5. The zero-order chi connectivity index (χ0) is 9.32. The molecule has 2 saturated carbocycles. The molecule has 2 N–H and O–H groups in total. The Bertz CT molecular complexity index is 267. The van der Waals surface area contributed by atoms with Crippen LogP contribution in [0.4, 0.5) is 0 Å². The van der Waals surface area contributed by atoms with Crippen LogP contribution in [0.5, 0.6) is 0 Å². The van der Waals surface area contributed by atoms with Crippen molar-refractivity contribution in [2.45, 2.75) is 38.7 Å². The first kappa shape index (κ1) is 8.25. The smallest absolute Gasteiger partial charge is 0.0866 e. The molecule has 0 unspecified atom stereocenters. The van der Waals surface area contributed by atoms with Gasteiger partial charge >= 0.3 is 0 Å². The van der Waals surface area contributed by atoms with Crippen molar-refractivity contribution >= 4 is 0 Å². The van der Waals surface area contributed by atoms with E-state index in [4.69, 9.17) is 10.5 Å². The molecule has 3 aliphatic rings. The summed E-state index contributed by atoms with van der Waals surface area (Å²) in [6.07, 6.45) is 3.94. The monoisotopic (exact) mass is 181 g/mol. The van der Waals surface area contributed by atoms with Crippen molar-refractivity contribution in [1.29, 1.82) is 0 Å². The van der Waals surface area contributed by atoms with Crippen LogP contribution in [0.25, 0.3) is 0 Å². The molecule has 13 heavy (non-hydrogen) atoms. The van der Waals surface area contributed by atoms with Crippen LogP contribution in [0.1, 0.15) is 33.1 Å². The molecule has 2 heteroatoms. The van der Waals surface area contributed by atoms with E-state index in [1.54, 1.807) is 0 Å². The van der Waals surface area contributed by atoms with Gasteiger partial charge in [0, 0.05) is 17.4 Å². The molecule has 1 heterocycles. The molecule has 1 aliphatic heterocycles. The van der Waals surface area contributed by atoms with Gasteiger partial charge in [0.05, 0.1) is 12.2 Å². The molecule has 3 rings (SSSR count). The molecule has 74 valence electrons. The van der Waals surface area contributed by atoms with E-state index in [-0.39, 0.29) is 5.60 Å². The molecule has 0 aromatic carbocycles. The zero-order valence-corrected chi connectivity index (χ0v) is 8.60. The van der Waals surface area contributed by atoms with E-state index < -0.39 is 0 Å². The van der Waals surface area contributed by atoms with Crippen molar-refractivity contribution < 1.29 is 4.74 Å². The summed E-state index contributed by atoms with van der Waals surface area (Å²) in [5.41, 5.74) is 6.77. The maximum atomic E-state index is 6.00. The van der Waals surface area contributed by atoms with Gasteiger partial charge in [0.25, 0.3) is 0 Å². The number of hydrogen-bond acceptors (Lipinski definition) is 2. The van der Waals surface area contributed by atoms with Crippen molar-refractivity contribution in [1.82, 2.24) is 0 Å². The molecule has 2 aliphatic carbocycles. The van der Waals surface area contributed by atoms with Gasteiger partial charge in [-0.25, -0.2) is 0 Å². The zero-order valence-electron chi connectivity index (χ0n) is 8.60. The first-order valence-corrected chi connectivity index (χ1v) is 5.42. The molecular formula is C11H19NO. The molecule has 4 atom stereocenters. The average molecular weight is 181 g/mol. The van der Waals surface area contributed by atoms with Gasteiger partial charge in [0.1, 0.15) is 0 Å². The van der Waals surface area contributed by atoms with Crippen molar-refractivity contribution in [3.63, 3.8) is 0 Å². The third-order valence-corrected chi connectivity index (χ3v) is 5.71. The lowest BCUT2D eigenvalue weighted by atomic mass is 9.66. The van der Waals surface area contributed by atoms with Gasteiger partial charge in [-0.2, -0.15) is 0 Å². The SMILES string of the molecule is C[C@@]12CC[C@@H]3C[C@]1(CN)OC[C@@]32C. The van der Waals surface area contributed by atoms with Crippen molar-refractivity contribution in [2.75, 3.05) is 13.2 Å². The van der Waals surface area contributed by atoms with E-state index in [1.165, 1.54) is 19.3 Å². The van der Waals surface area contributed by atoms with E-state index in [9.17, 15) is 0 Å². The topological polar surface area (TPSA) is 35.2 Å². The maximum Gasteiger partial charge on any atom is 0.0866 e. The third kappa shape index (κ3) is 0.581. The van der Waals surface area contributed by atoms with Crippen molar-refractivity contribution in [3.8, 4) is 0 Å². The first-order valence-electron chi connectivity index (χ1n) is 5.42. The van der Waals surface area contributed by atoms with E-state index in [0.29, 0.717) is 10.8 Å². The minimum atomic E-state index is 0.0463. The Hall–Kier alpha value is -0.0800. The molecule has 0 aromatic heterocycles. The second kappa shape index (κ2) is 1.96. The maximum absolute atomic E-state index is 6.00. The summed E-state index contributed by atoms with van der Waals surface area (Å²) in [4.78, 5) is 0. The highest BCUT2D eigenvalue weighted by Gasteiger charge is 2.75. The highest BCUT2D eigenvalue weighted by molar-refractivity contribution is 5.24. The first-order chi connectivity index (χ1) is 6.08. The number of rotatable bonds is 1. The minimum absolute atomic E-state index is 0.0463. The molecule has 0 spiro atoms. The van der Waals surface area contributed by atoms with E-state index >= 15 is 0 Å². The third-order valence-electron chi connectivity index (χ3n) is 5.71. The van der Waals surface area contributed by atoms with Crippen LogP contribution in [-0.4, -0.2) is 18.8 Å². The molecular weight excluding hydrogens is 162 g/mol. The number of nitrogens with two attached hydrogens (primary N) is 1. The van der Waals surface area contributed by atoms with E-state index in [2.05, 4.69) is 13.8 Å². The van der Waals surface area contributed by atoms with Gasteiger partial charge in [-0.1, -0.05) is 13.8 Å². The Morgan fingerprint density at radius 1 is 1.46 bits per heavy atom. The van der Waals surface area contributed by atoms with Gasteiger partial charge in [-0.15, -0.1) is 0 Å². The number of ether oxygens (including phenoxy) is 1. The van der Waals surface area contributed by atoms with Gasteiger partial charge in [0.2, 0.25) is 0 Å². The van der Waals surface area contributed by atoms with Crippen LogP contribution in [0.3, 0.4) is 0 Å². The highest BCUT2D eigenvalue weighted by Crippen LogP contribution is 2.74. The van der Waals surface area contributed by atoms with Gasteiger partial charge in [-0.05, 0) is 25.2 Å². The lowest BCUT2D eigenvalue weighted by molar-refractivity contribution is -0.0762. The minimum Gasteiger partial charge on any atom is -0.372 e. The lowest BCUT2D eigenvalue weighted by Crippen LogP contribution is -2.49. The summed E-state index contributed by atoms with van der Waals surface area (Å²) >= 11 is 0. The lowest BCUT2D eigenvalue weighted by Gasteiger charge is -2.40. The fraction of sp³-hybridized carbons (Fsp3) is 1.00. The predicted molar refractivity (Wildman–Crippen MR) is 51.3 cm³/mol. The summed E-state index contributed by atoms with van der Waals surface area (Å²) in [6, 6.07) is 0. The van der Waals surface area contributed by atoms with E-state index in [0.717, 1.165) is 19.1 Å². The van der Waals surface area contributed by atoms with Crippen LogP contribution in [-0.2, 0) is 4.74 Å². The van der Waals surface area contributed by atoms with Gasteiger partial charge in [0.15, 0.2) is 0 Å². The summed E-state index contributed by atoms with van der Waals surface area (Å²) in [6.45, 7) is 6.48. The molecule has 1 saturated heterocycles. The standard InChI is InChI=1S/C11H19NO/c1-9-7-13-11(6-12)5-8(9)3-4-10(9,11)2/h8H,3-7,12H2,1-2H3/t8-,9+,10+,11-/m1/s1. The van der Waals surface area contributed by atoms with E-state index in [1.807, 2.05) is 0 Å².